The molecule has 3 aliphatic heterocycles. The molecule has 0 bridgehead atoms. The lowest BCUT2D eigenvalue weighted by Crippen LogP contribution is -2.30. The maximum absolute atomic E-state index is 12.3. The lowest BCUT2D eigenvalue weighted by molar-refractivity contribution is -0.117. The van der Waals surface area contributed by atoms with Crippen molar-refractivity contribution >= 4 is 44.2 Å². The Morgan fingerprint density at radius 2 is 1.94 bits per heavy atom. The molecule has 6 rings (SSSR count). The van der Waals surface area contributed by atoms with Gasteiger partial charge >= 0.3 is 0 Å². The zero-order chi connectivity index (χ0) is 23.8. The summed E-state index contributed by atoms with van der Waals surface area (Å²) in [5.41, 5.74) is 3.38. The molecule has 0 saturated carbocycles. The minimum absolute atomic E-state index is 0.155. The highest BCUT2D eigenvalue weighted by Crippen LogP contribution is 2.35. The molecular weight excluding hydrogens is 460 g/mol. The molecule has 0 aromatic carbocycles. The number of carbonyl (C=O) groups excluding carboxylic acids is 1. The number of thiazole rings is 1. The predicted molar refractivity (Wildman–Crippen MR) is 138 cm³/mol. The first kappa shape index (κ1) is 22.8. The molecule has 6 heterocycles. The van der Waals surface area contributed by atoms with Crippen molar-refractivity contribution in [3.05, 3.63) is 35.7 Å². The zero-order valence-corrected chi connectivity index (χ0v) is 21.0. The van der Waals surface area contributed by atoms with E-state index in [9.17, 15) is 4.79 Å². The summed E-state index contributed by atoms with van der Waals surface area (Å²) >= 11 is 1.53. The SMILES string of the molecule is C[C@@H]1CCC(=O)N1c1nc2cc(Nc3ccc(C4CCOCC4)c(CN4CCCC4)n3)ncc2s1. The Hall–Kier alpha value is -2.62. The summed E-state index contributed by atoms with van der Waals surface area (Å²) in [6.07, 6.45) is 7.98. The number of fused-ring (bicyclic) bond motifs is 1. The van der Waals surface area contributed by atoms with E-state index in [0.717, 1.165) is 73.3 Å². The molecule has 3 aromatic rings. The molecule has 8 nitrogen and oxygen atoms in total. The zero-order valence-electron chi connectivity index (χ0n) is 20.2. The molecule has 3 saturated heterocycles. The van der Waals surface area contributed by atoms with Crippen LogP contribution in [0.5, 0.6) is 0 Å². The number of aromatic nitrogens is 3. The number of amides is 1. The number of rotatable bonds is 6. The van der Waals surface area contributed by atoms with Gasteiger partial charge in [-0.15, -0.1) is 0 Å². The largest absolute Gasteiger partial charge is 0.381 e. The predicted octanol–water partition coefficient (Wildman–Crippen LogP) is 4.84. The van der Waals surface area contributed by atoms with Crippen LogP contribution in [0.1, 0.15) is 62.6 Å². The van der Waals surface area contributed by atoms with Gasteiger partial charge in [0.05, 0.1) is 15.9 Å². The second-order valence-corrected chi connectivity index (χ2v) is 10.9. The Kier molecular flexibility index (Phi) is 6.39. The van der Waals surface area contributed by atoms with Crippen molar-refractivity contribution in [3.63, 3.8) is 0 Å². The van der Waals surface area contributed by atoms with E-state index in [-0.39, 0.29) is 11.9 Å². The van der Waals surface area contributed by atoms with E-state index in [1.165, 1.54) is 35.4 Å². The smallest absolute Gasteiger partial charge is 0.229 e. The van der Waals surface area contributed by atoms with Crippen LogP contribution in [0.4, 0.5) is 16.8 Å². The summed E-state index contributed by atoms with van der Waals surface area (Å²) in [7, 11) is 0. The van der Waals surface area contributed by atoms with Gasteiger partial charge in [-0.05, 0) is 69.7 Å². The highest BCUT2D eigenvalue weighted by atomic mass is 32.1. The lowest BCUT2D eigenvalue weighted by atomic mass is 9.90. The molecule has 0 aliphatic carbocycles. The van der Waals surface area contributed by atoms with Crippen molar-refractivity contribution in [3.8, 4) is 0 Å². The highest BCUT2D eigenvalue weighted by molar-refractivity contribution is 7.22. The highest BCUT2D eigenvalue weighted by Gasteiger charge is 2.31. The van der Waals surface area contributed by atoms with Crippen LogP contribution in [-0.2, 0) is 16.1 Å². The molecule has 9 heteroatoms. The van der Waals surface area contributed by atoms with E-state index in [4.69, 9.17) is 14.7 Å². The quantitative estimate of drug-likeness (QED) is 0.527. The molecule has 3 aromatic heterocycles. The fourth-order valence-corrected chi connectivity index (χ4v) is 6.52. The average molecular weight is 493 g/mol. The molecule has 1 N–H and O–H groups in total. The first-order chi connectivity index (χ1) is 17.1. The second-order valence-electron chi connectivity index (χ2n) is 9.91. The number of nitrogens with zero attached hydrogens (tertiary/aromatic N) is 5. The molecule has 0 unspecified atom stereocenters. The van der Waals surface area contributed by atoms with Gasteiger partial charge < -0.3 is 10.1 Å². The maximum Gasteiger partial charge on any atom is 0.229 e. The molecule has 0 spiro atoms. The van der Waals surface area contributed by atoms with Crippen LogP contribution in [0.25, 0.3) is 10.2 Å². The number of likely N-dealkylation sites (tertiary alicyclic amines) is 1. The van der Waals surface area contributed by atoms with Crippen LogP contribution in [0, 0.1) is 0 Å². The Morgan fingerprint density at radius 1 is 1.11 bits per heavy atom. The average Bonchev–Trinajstić information content (AvgIpc) is 3.60. The van der Waals surface area contributed by atoms with Crippen LogP contribution in [0.2, 0.25) is 0 Å². The summed E-state index contributed by atoms with van der Waals surface area (Å²) in [6.45, 7) is 6.93. The van der Waals surface area contributed by atoms with Crippen molar-refractivity contribution < 1.29 is 9.53 Å². The minimum Gasteiger partial charge on any atom is -0.381 e. The van der Waals surface area contributed by atoms with Gasteiger partial charge in [-0.2, -0.15) is 0 Å². The molecule has 0 radical (unpaired) electrons. The Morgan fingerprint density at radius 3 is 2.71 bits per heavy atom. The summed E-state index contributed by atoms with van der Waals surface area (Å²) < 4.78 is 6.58. The van der Waals surface area contributed by atoms with Gasteiger partial charge in [0, 0.05) is 44.5 Å². The normalized spacial score (nSPS) is 21.9. The number of hydrogen-bond acceptors (Lipinski definition) is 8. The molecule has 35 heavy (non-hydrogen) atoms. The van der Waals surface area contributed by atoms with Gasteiger partial charge in [0.1, 0.15) is 11.6 Å². The monoisotopic (exact) mass is 492 g/mol. The van der Waals surface area contributed by atoms with Crippen molar-refractivity contribution in [2.75, 3.05) is 36.5 Å². The maximum atomic E-state index is 12.3. The van der Waals surface area contributed by atoms with Gasteiger partial charge in [0.2, 0.25) is 5.91 Å². The Balaban J connectivity index is 1.25. The number of ether oxygens (including phenoxy) is 1. The molecular formula is C26H32N6O2S. The van der Waals surface area contributed by atoms with E-state index >= 15 is 0 Å². The van der Waals surface area contributed by atoms with E-state index in [0.29, 0.717) is 18.2 Å². The summed E-state index contributed by atoms with van der Waals surface area (Å²) in [4.78, 5) is 31.1. The van der Waals surface area contributed by atoms with Crippen molar-refractivity contribution in [1.29, 1.82) is 0 Å². The summed E-state index contributed by atoms with van der Waals surface area (Å²) in [5.74, 6) is 2.19. The van der Waals surface area contributed by atoms with Crippen LogP contribution in [0.15, 0.2) is 24.4 Å². The second kappa shape index (κ2) is 9.79. The molecule has 3 aliphatic rings. The Labute approximate surface area is 209 Å². The third-order valence-corrected chi connectivity index (χ3v) is 8.46. The van der Waals surface area contributed by atoms with E-state index in [2.05, 4.69) is 34.3 Å². The third-order valence-electron chi connectivity index (χ3n) is 7.45. The fraction of sp³-hybridized carbons (Fsp3) is 0.538. The number of anilines is 3. The molecule has 1 atom stereocenters. The topological polar surface area (TPSA) is 83.5 Å². The van der Waals surface area contributed by atoms with Crippen LogP contribution in [0.3, 0.4) is 0 Å². The minimum atomic E-state index is 0.155. The molecule has 184 valence electrons. The van der Waals surface area contributed by atoms with Crippen molar-refractivity contribution in [2.45, 2.75) is 64.0 Å². The lowest BCUT2D eigenvalue weighted by Gasteiger charge is -2.26. The van der Waals surface area contributed by atoms with Gasteiger partial charge in [-0.1, -0.05) is 17.4 Å². The van der Waals surface area contributed by atoms with Crippen LogP contribution in [-0.4, -0.2) is 58.1 Å². The fourth-order valence-electron chi connectivity index (χ4n) is 5.49. The van der Waals surface area contributed by atoms with Gasteiger partial charge in [0.15, 0.2) is 5.13 Å². The molecule has 1 amide bonds. The number of nitrogens with one attached hydrogen (secondary N) is 1. The Bertz CT molecular complexity index is 1220. The van der Waals surface area contributed by atoms with Gasteiger partial charge in [-0.3, -0.25) is 14.6 Å². The molecule has 3 fully saturated rings. The van der Waals surface area contributed by atoms with Gasteiger partial charge in [0.25, 0.3) is 0 Å². The first-order valence-electron chi connectivity index (χ1n) is 12.8. The van der Waals surface area contributed by atoms with Crippen molar-refractivity contribution in [1.82, 2.24) is 19.9 Å². The van der Waals surface area contributed by atoms with E-state index in [1.807, 2.05) is 17.2 Å². The van der Waals surface area contributed by atoms with Crippen LogP contribution >= 0.6 is 11.3 Å². The number of carbonyl (C=O) groups is 1. The van der Waals surface area contributed by atoms with E-state index < -0.39 is 0 Å². The number of hydrogen-bond donors (Lipinski definition) is 1. The summed E-state index contributed by atoms with van der Waals surface area (Å²) in [5, 5.41) is 4.17. The number of pyridine rings is 2. The summed E-state index contributed by atoms with van der Waals surface area (Å²) in [6, 6.07) is 6.47. The van der Waals surface area contributed by atoms with Crippen molar-refractivity contribution in [2.24, 2.45) is 0 Å². The third kappa shape index (κ3) is 4.77. The standard InChI is InChI=1S/C26H32N6O2S/c1-17-4-7-25(33)32(17)26-29-20-14-24(27-15-22(20)35-26)30-23-6-5-19(18-8-12-34-13-9-18)21(28-23)16-31-10-2-3-11-31/h5-6,14-15,17-18H,2-4,7-13,16H2,1H3,(H,27,28,30)/t17-/m1/s1. The van der Waals surface area contributed by atoms with Gasteiger partial charge in [-0.25, -0.2) is 15.0 Å². The van der Waals surface area contributed by atoms with Crippen LogP contribution < -0.4 is 10.2 Å². The first-order valence-corrected chi connectivity index (χ1v) is 13.6. The van der Waals surface area contributed by atoms with E-state index in [1.54, 1.807) is 0 Å².